The molecule has 1 aliphatic carbocycles. The van der Waals surface area contributed by atoms with E-state index in [-0.39, 0.29) is 11.4 Å². The Hall–Kier alpha value is -1.98. The Balaban J connectivity index is 1.67. The van der Waals surface area contributed by atoms with E-state index in [0.29, 0.717) is 12.6 Å². The van der Waals surface area contributed by atoms with E-state index in [2.05, 4.69) is 10.2 Å². The Bertz CT molecular complexity index is 785. The molecule has 0 radical (unpaired) electrons. The number of fused-ring (bicyclic) bond motifs is 1. The maximum atomic E-state index is 13.3. The van der Waals surface area contributed by atoms with Crippen LogP contribution in [0.15, 0.2) is 41.2 Å². The minimum Gasteiger partial charge on any atom is -0.311 e. The van der Waals surface area contributed by atoms with Crippen LogP contribution in [0.25, 0.3) is 0 Å². The highest BCUT2D eigenvalue weighted by atomic mass is 19.1. The van der Waals surface area contributed by atoms with Crippen LogP contribution in [0.2, 0.25) is 0 Å². The van der Waals surface area contributed by atoms with Gasteiger partial charge in [0.05, 0.1) is 0 Å². The van der Waals surface area contributed by atoms with E-state index in [1.165, 1.54) is 17.3 Å². The number of halogens is 1. The maximum Gasteiger partial charge on any atom is 0.250 e. The first-order chi connectivity index (χ1) is 12.0. The fraction of sp³-hybridized carbons (Fsp3) is 0.450. The molecule has 0 saturated carbocycles. The van der Waals surface area contributed by atoms with Crippen molar-refractivity contribution in [3.8, 4) is 0 Å². The summed E-state index contributed by atoms with van der Waals surface area (Å²) in [6.07, 6.45) is 2.81. The van der Waals surface area contributed by atoms with E-state index >= 15 is 0 Å². The zero-order valence-corrected chi connectivity index (χ0v) is 15.0. The van der Waals surface area contributed by atoms with Crippen molar-refractivity contribution >= 4 is 0 Å². The molecule has 1 N–H and O–H groups in total. The third-order valence-electron chi connectivity index (χ3n) is 4.84. The fourth-order valence-electron chi connectivity index (χ4n) is 3.45. The van der Waals surface area contributed by atoms with Crippen molar-refractivity contribution in [3.05, 3.63) is 69.4 Å². The molecule has 0 amide bonds. The highest BCUT2D eigenvalue weighted by Crippen LogP contribution is 2.20. The van der Waals surface area contributed by atoms with Crippen molar-refractivity contribution in [2.24, 2.45) is 0 Å². The summed E-state index contributed by atoms with van der Waals surface area (Å²) >= 11 is 0. The fourth-order valence-corrected chi connectivity index (χ4v) is 3.45. The summed E-state index contributed by atoms with van der Waals surface area (Å²) in [7, 11) is 4.04. The average Bonchev–Trinajstić information content (AvgIpc) is 2.59. The molecule has 1 unspecified atom stereocenters. The van der Waals surface area contributed by atoms with Crippen LogP contribution < -0.4 is 10.9 Å². The van der Waals surface area contributed by atoms with Crippen LogP contribution in [-0.2, 0) is 25.9 Å². The second-order valence-corrected chi connectivity index (χ2v) is 7.05. The van der Waals surface area contributed by atoms with E-state index in [0.717, 1.165) is 37.9 Å². The van der Waals surface area contributed by atoms with Crippen LogP contribution >= 0.6 is 0 Å². The minimum absolute atomic E-state index is 0.0896. The van der Waals surface area contributed by atoms with Crippen LogP contribution in [0.5, 0.6) is 0 Å². The third-order valence-corrected chi connectivity index (χ3v) is 4.84. The highest BCUT2D eigenvalue weighted by molar-refractivity contribution is 5.26. The van der Waals surface area contributed by atoms with E-state index in [4.69, 9.17) is 0 Å². The van der Waals surface area contributed by atoms with Crippen molar-refractivity contribution in [3.63, 3.8) is 0 Å². The predicted molar refractivity (Wildman–Crippen MR) is 98.3 cm³/mol. The molecule has 0 aliphatic heterocycles. The molecule has 5 heteroatoms. The summed E-state index contributed by atoms with van der Waals surface area (Å²) in [4.78, 5) is 14.3. The first-order valence-corrected chi connectivity index (χ1v) is 8.87. The lowest BCUT2D eigenvalue weighted by molar-refractivity contribution is 0.370. The normalized spacial score (nSPS) is 16.9. The van der Waals surface area contributed by atoms with Crippen molar-refractivity contribution in [2.75, 3.05) is 20.6 Å². The van der Waals surface area contributed by atoms with Gasteiger partial charge in [-0.3, -0.25) is 4.79 Å². The molecule has 4 nitrogen and oxygen atoms in total. The summed E-state index contributed by atoms with van der Waals surface area (Å²) in [5.74, 6) is -0.196. The van der Waals surface area contributed by atoms with Gasteiger partial charge in [-0.05, 0) is 56.6 Å². The van der Waals surface area contributed by atoms with Gasteiger partial charge < -0.3 is 14.8 Å². The standard InChI is InChI=1S/C20H26FN3O/c1-23(2)10-11-24-19-8-7-18(13-16(19)6-9-20(24)25)22-14-15-4-3-5-17(21)12-15/h3-6,9,12,18,22H,7-8,10-11,13-14H2,1-2H3. The topological polar surface area (TPSA) is 37.3 Å². The summed E-state index contributed by atoms with van der Waals surface area (Å²) in [6, 6.07) is 10.7. The van der Waals surface area contributed by atoms with Gasteiger partial charge in [-0.15, -0.1) is 0 Å². The number of likely N-dealkylation sites (N-methyl/N-ethyl adjacent to an activating group) is 1. The Morgan fingerprint density at radius 3 is 2.88 bits per heavy atom. The van der Waals surface area contributed by atoms with E-state index in [1.54, 1.807) is 18.2 Å². The molecule has 1 aromatic carbocycles. The SMILES string of the molecule is CN(C)CCn1c2c(ccc1=O)CC(NCc1cccc(F)c1)CC2. The molecule has 0 fully saturated rings. The molecule has 1 heterocycles. The van der Waals surface area contributed by atoms with Crippen molar-refractivity contribution < 1.29 is 4.39 Å². The van der Waals surface area contributed by atoms with Crippen LogP contribution in [0, 0.1) is 5.82 Å². The lowest BCUT2D eigenvalue weighted by Gasteiger charge is -2.28. The Morgan fingerprint density at radius 1 is 1.28 bits per heavy atom. The van der Waals surface area contributed by atoms with Crippen LogP contribution in [0.1, 0.15) is 23.2 Å². The minimum atomic E-state index is -0.196. The molecular weight excluding hydrogens is 317 g/mol. The first-order valence-electron chi connectivity index (χ1n) is 8.87. The maximum absolute atomic E-state index is 13.3. The van der Waals surface area contributed by atoms with Gasteiger partial charge >= 0.3 is 0 Å². The molecule has 3 rings (SSSR count). The van der Waals surface area contributed by atoms with Crippen molar-refractivity contribution in [2.45, 2.75) is 38.4 Å². The number of aromatic nitrogens is 1. The summed E-state index contributed by atoms with van der Waals surface area (Å²) < 4.78 is 15.2. The molecule has 2 aromatic rings. The van der Waals surface area contributed by atoms with E-state index in [1.807, 2.05) is 30.8 Å². The van der Waals surface area contributed by atoms with Gasteiger partial charge in [-0.2, -0.15) is 0 Å². The van der Waals surface area contributed by atoms with Gasteiger partial charge in [0.15, 0.2) is 0 Å². The number of pyridine rings is 1. The lowest BCUT2D eigenvalue weighted by atomic mass is 9.91. The van der Waals surface area contributed by atoms with Crippen LogP contribution in [0.4, 0.5) is 4.39 Å². The quantitative estimate of drug-likeness (QED) is 0.874. The van der Waals surface area contributed by atoms with Crippen molar-refractivity contribution in [1.82, 2.24) is 14.8 Å². The molecule has 1 aromatic heterocycles. The Kier molecular flexibility index (Phi) is 5.66. The van der Waals surface area contributed by atoms with Gasteiger partial charge in [0.1, 0.15) is 5.82 Å². The lowest BCUT2D eigenvalue weighted by Crippen LogP contribution is -2.37. The first kappa shape index (κ1) is 17.8. The summed E-state index contributed by atoms with van der Waals surface area (Å²) in [5.41, 5.74) is 3.48. The van der Waals surface area contributed by atoms with Gasteiger partial charge in [0, 0.05) is 37.4 Å². The van der Waals surface area contributed by atoms with E-state index < -0.39 is 0 Å². The molecule has 25 heavy (non-hydrogen) atoms. The number of benzene rings is 1. The second-order valence-electron chi connectivity index (χ2n) is 7.05. The number of nitrogens with zero attached hydrogens (tertiary/aromatic N) is 2. The molecular formula is C20H26FN3O. The molecule has 0 spiro atoms. The zero-order chi connectivity index (χ0) is 17.8. The number of hydrogen-bond donors (Lipinski definition) is 1. The smallest absolute Gasteiger partial charge is 0.250 e. The van der Waals surface area contributed by atoms with Crippen LogP contribution in [-0.4, -0.2) is 36.1 Å². The van der Waals surface area contributed by atoms with Crippen LogP contribution in [0.3, 0.4) is 0 Å². The number of rotatable bonds is 6. The van der Waals surface area contributed by atoms with Gasteiger partial charge in [-0.1, -0.05) is 18.2 Å². The second kappa shape index (κ2) is 7.93. The number of nitrogens with one attached hydrogen (secondary N) is 1. The molecule has 0 saturated heterocycles. The third kappa shape index (κ3) is 4.55. The summed E-state index contributed by atoms with van der Waals surface area (Å²) in [6.45, 7) is 2.26. The molecule has 134 valence electrons. The monoisotopic (exact) mass is 343 g/mol. The molecule has 1 atom stereocenters. The van der Waals surface area contributed by atoms with Gasteiger partial charge in [0.25, 0.3) is 5.56 Å². The largest absolute Gasteiger partial charge is 0.311 e. The van der Waals surface area contributed by atoms with Gasteiger partial charge in [-0.25, -0.2) is 4.39 Å². The Morgan fingerprint density at radius 2 is 2.12 bits per heavy atom. The predicted octanol–water partition coefficient (Wildman–Crippen LogP) is 2.20. The average molecular weight is 343 g/mol. The highest BCUT2D eigenvalue weighted by Gasteiger charge is 2.21. The van der Waals surface area contributed by atoms with Crippen molar-refractivity contribution in [1.29, 1.82) is 0 Å². The van der Waals surface area contributed by atoms with E-state index in [9.17, 15) is 9.18 Å². The Labute approximate surface area is 148 Å². The van der Waals surface area contributed by atoms with Gasteiger partial charge in [0.2, 0.25) is 0 Å². The molecule has 1 aliphatic rings. The zero-order valence-electron chi connectivity index (χ0n) is 15.0. The number of hydrogen-bond acceptors (Lipinski definition) is 3. The summed E-state index contributed by atoms with van der Waals surface area (Å²) in [5, 5.41) is 3.53. The molecule has 0 bridgehead atoms.